The van der Waals surface area contributed by atoms with Crippen molar-refractivity contribution in [3.05, 3.63) is 121 Å². The second-order valence-corrected chi connectivity index (χ2v) is 11.6. The van der Waals surface area contributed by atoms with Gasteiger partial charge in [0, 0.05) is 39.3 Å². The van der Waals surface area contributed by atoms with E-state index in [1.54, 1.807) is 0 Å². The summed E-state index contributed by atoms with van der Waals surface area (Å²) in [7, 11) is 0. The highest BCUT2D eigenvalue weighted by Gasteiger charge is 2.21. The lowest BCUT2D eigenvalue weighted by Crippen LogP contribution is -2.48. The van der Waals surface area contributed by atoms with E-state index in [9.17, 15) is 20.4 Å². The van der Waals surface area contributed by atoms with Gasteiger partial charge in [0.15, 0.2) is 0 Å². The summed E-state index contributed by atoms with van der Waals surface area (Å²) in [5.74, 6) is 2.63. The van der Waals surface area contributed by atoms with E-state index in [4.69, 9.17) is 18.9 Å². The van der Waals surface area contributed by atoms with E-state index in [0.717, 1.165) is 0 Å². The molecule has 4 aromatic carbocycles. The van der Waals surface area contributed by atoms with Gasteiger partial charge < -0.3 is 39.4 Å². The lowest BCUT2D eigenvalue weighted by atomic mass is 10.2. The summed E-state index contributed by atoms with van der Waals surface area (Å²) >= 11 is 0. The van der Waals surface area contributed by atoms with E-state index < -0.39 is 24.4 Å². The molecule has 10 nitrogen and oxygen atoms in total. The van der Waals surface area contributed by atoms with Crippen LogP contribution in [0.5, 0.6) is 23.0 Å². The Morgan fingerprint density at radius 1 is 0.354 bits per heavy atom. The van der Waals surface area contributed by atoms with Crippen LogP contribution in [0.25, 0.3) is 0 Å². The quantitative estimate of drug-likeness (QED) is 0.0942. The molecule has 0 saturated carbocycles. The summed E-state index contributed by atoms with van der Waals surface area (Å²) in [6.45, 7) is 2.04. The summed E-state index contributed by atoms with van der Waals surface area (Å²) < 4.78 is 23.1. The fourth-order valence-corrected chi connectivity index (χ4v) is 5.04. The maximum absolute atomic E-state index is 10.9. The van der Waals surface area contributed by atoms with Gasteiger partial charge in [-0.05, 0) is 48.5 Å². The van der Waals surface area contributed by atoms with E-state index >= 15 is 0 Å². The van der Waals surface area contributed by atoms with Crippen LogP contribution in [0.15, 0.2) is 121 Å². The van der Waals surface area contributed by atoms with Crippen molar-refractivity contribution < 1.29 is 39.4 Å². The van der Waals surface area contributed by atoms with E-state index in [0.29, 0.717) is 36.1 Å². The molecule has 0 spiro atoms. The van der Waals surface area contributed by atoms with Crippen LogP contribution in [0.3, 0.4) is 0 Å². The highest BCUT2D eigenvalue weighted by Crippen LogP contribution is 2.13. The van der Waals surface area contributed by atoms with Gasteiger partial charge in [0.1, 0.15) is 73.8 Å². The lowest BCUT2D eigenvalue weighted by Gasteiger charge is -2.32. The first-order chi connectivity index (χ1) is 23.4. The minimum atomic E-state index is -0.837. The van der Waals surface area contributed by atoms with Gasteiger partial charge in [0.05, 0.1) is 0 Å². The first kappa shape index (κ1) is 36.7. The molecule has 0 saturated heterocycles. The maximum Gasteiger partial charge on any atom is 0.119 e. The van der Waals surface area contributed by atoms with Gasteiger partial charge >= 0.3 is 0 Å². The van der Waals surface area contributed by atoms with Gasteiger partial charge in [-0.25, -0.2) is 0 Å². The van der Waals surface area contributed by atoms with Gasteiger partial charge in [0.25, 0.3) is 0 Å². The van der Waals surface area contributed by atoms with E-state index in [-0.39, 0.29) is 52.6 Å². The zero-order valence-corrected chi connectivity index (χ0v) is 27.2. The number of ether oxygens (including phenoxy) is 4. The summed E-state index contributed by atoms with van der Waals surface area (Å²) in [6, 6.07) is 37.1. The molecule has 0 unspecified atom stereocenters. The van der Waals surface area contributed by atoms with Crippen molar-refractivity contribution in [3.63, 3.8) is 0 Å². The fourth-order valence-electron chi connectivity index (χ4n) is 5.04. The molecule has 258 valence electrons. The molecular formula is C38H48N2O8. The normalized spacial score (nSPS) is 13.9. The average molecular weight is 661 g/mol. The summed E-state index contributed by atoms with van der Waals surface area (Å²) in [4.78, 5) is 3.87. The minimum absolute atomic E-state index is 0.0753. The Bertz CT molecular complexity index is 1160. The van der Waals surface area contributed by atoms with Gasteiger partial charge in [-0.1, -0.05) is 72.8 Å². The van der Waals surface area contributed by atoms with Gasteiger partial charge in [-0.15, -0.1) is 0 Å². The third-order valence-corrected chi connectivity index (χ3v) is 7.35. The Labute approximate surface area is 283 Å². The Hall–Kier alpha value is -4.16. The van der Waals surface area contributed by atoms with Gasteiger partial charge in [0.2, 0.25) is 0 Å². The van der Waals surface area contributed by atoms with Crippen molar-refractivity contribution in [2.75, 3.05) is 65.7 Å². The standard InChI is InChI=1S/C38H48N2O8/c41-31(27-45-35-13-5-1-6-14-35)23-39(24-32(42)28-46-36-15-7-2-8-16-36)21-22-40(25-33(43)29-47-37-17-9-3-10-18-37)26-34(44)30-48-38-19-11-4-12-20-38/h1-20,31-34,41-44H,21-30H2/t31-,32+,33-,34+. The SMILES string of the molecule is O[C@H](COc1ccccc1)CN(CCN(C[C@H](O)COc1ccccc1)C[C@@H](O)COc1ccccc1)C[C@@H](O)COc1ccccc1. The van der Waals surface area contributed by atoms with Crippen LogP contribution in [-0.4, -0.2) is 120 Å². The predicted molar refractivity (Wildman–Crippen MR) is 185 cm³/mol. The second-order valence-electron chi connectivity index (χ2n) is 11.6. The van der Waals surface area contributed by atoms with Crippen LogP contribution in [0.2, 0.25) is 0 Å². The predicted octanol–water partition coefficient (Wildman–Crippen LogP) is 3.35. The molecule has 0 aliphatic heterocycles. The van der Waals surface area contributed by atoms with Crippen molar-refractivity contribution in [1.82, 2.24) is 9.80 Å². The maximum atomic E-state index is 10.9. The third-order valence-electron chi connectivity index (χ3n) is 7.35. The molecule has 0 aliphatic carbocycles. The summed E-state index contributed by atoms with van der Waals surface area (Å²) in [5, 5.41) is 43.6. The topological polar surface area (TPSA) is 124 Å². The first-order valence-electron chi connectivity index (χ1n) is 16.3. The van der Waals surface area contributed by atoms with Crippen molar-refractivity contribution in [2.24, 2.45) is 0 Å². The summed E-state index contributed by atoms with van der Waals surface area (Å²) in [5.41, 5.74) is 0. The molecule has 48 heavy (non-hydrogen) atoms. The minimum Gasteiger partial charge on any atom is -0.491 e. The Kier molecular flexibility index (Phi) is 16.0. The molecule has 4 aromatic rings. The largest absolute Gasteiger partial charge is 0.491 e. The number of benzene rings is 4. The van der Waals surface area contributed by atoms with Crippen molar-refractivity contribution in [3.8, 4) is 23.0 Å². The number of aliphatic hydroxyl groups excluding tert-OH is 4. The number of rotatable bonds is 23. The highest BCUT2D eigenvalue weighted by atomic mass is 16.5. The second kappa shape index (κ2) is 20.9. The monoisotopic (exact) mass is 660 g/mol. The van der Waals surface area contributed by atoms with Crippen LogP contribution in [0.4, 0.5) is 0 Å². The number of hydrogen-bond acceptors (Lipinski definition) is 10. The molecular weight excluding hydrogens is 612 g/mol. The van der Waals surface area contributed by atoms with Crippen molar-refractivity contribution in [1.29, 1.82) is 0 Å². The molecule has 0 fully saturated rings. The smallest absolute Gasteiger partial charge is 0.119 e. The number of hydrogen-bond donors (Lipinski definition) is 4. The van der Waals surface area contributed by atoms with E-state index in [1.165, 1.54) is 0 Å². The first-order valence-corrected chi connectivity index (χ1v) is 16.3. The lowest BCUT2D eigenvalue weighted by molar-refractivity contribution is 0.0108. The average Bonchev–Trinajstić information content (AvgIpc) is 3.12. The van der Waals surface area contributed by atoms with Crippen LogP contribution in [0.1, 0.15) is 0 Å². The van der Waals surface area contributed by atoms with E-state index in [2.05, 4.69) is 0 Å². The molecule has 0 bridgehead atoms. The zero-order valence-electron chi connectivity index (χ0n) is 27.2. The third kappa shape index (κ3) is 14.7. The van der Waals surface area contributed by atoms with Gasteiger partial charge in [-0.2, -0.15) is 0 Å². The summed E-state index contributed by atoms with van der Waals surface area (Å²) in [6.07, 6.45) is -3.35. The molecule has 10 heteroatoms. The van der Waals surface area contributed by atoms with Gasteiger partial charge in [-0.3, -0.25) is 9.80 Å². The Balaban J connectivity index is 1.37. The van der Waals surface area contributed by atoms with Crippen LogP contribution < -0.4 is 18.9 Å². The van der Waals surface area contributed by atoms with Crippen molar-refractivity contribution >= 4 is 0 Å². The molecule has 4 atom stereocenters. The van der Waals surface area contributed by atoms with E-state index in [1.807, 2.05) is 131 Å². The highest BCUT2D eigenvalue weighted by molar-refractivity contribution is 5.23. The molecule has 0 amide bonds. The molecule has 0 aromatic heterocycles. The number of nitrogens with zero attached hydrogens (tertiary/aromatic N) is 2. The van der Waals surface area contributed by atoms with Crippen LogP contribution in [-0.2, 0) is 0 Å². The van der Waals surface area contributed by atoms with Crippen molar-refractivity contribution in [2.45, 2.75) is 24.4 Å². The Morgan fingerprint density at radius 2 is 0.562 bits per heavy atom. The fraction of sp³-hybridized carbons (Fsp3) is 0.368. The molecule has 0 aliphatic rings. The Morgan fingerprint density at radius 3 is 0.771 bits per heavy atom. The molecule has 0 heterocycles. The number of para-hydroxylation sites is 4. The van der Waals surface area contributed by atoms with Crippen LogP contribution >= 0.6 is 0 Å². The molecule has 4 N–H and O–H groups in total. The van der Waals surface area contributed by atoms with Crippen LogP contribution in [0, 0.1) is 0 Å². The molecule has 4 rings (SSSR count). The zero-order chi connectivity index (χ0) is 33.8. The molecule has 0 radical (unpaired) electrons. The number of aliphatic hydroxyl groups is 4.